The van der Waals surface area contributed by atoms with Crippen LogP contribution in [0, 0.1) is 11.8 Å². The second kappa shape index (κ2) is 10.1. The molecule has 6 nitrogen and oxygen atoms in total. The highest BCUT2D eigenvalue weighted by Gasteiger charge is 2.68. The molecular weight excluding hydrogens is 546 g/mol. The SMILES string of the molecule is O=C(CCc1ccccc1)N/N=C\C12c3ccccc3C(c3ccccc31)[C@H]1C(=O)N(c3cccc4ccccc34)C(=O)[C@H]12. The van der Waals surface area contributed by atoms with E-state index in [0.29, 0.717) is 12.1 Å². The van der Waals surface area contributed by atoms with Crippen LogP contribution in [0.25, 0.3) is 10.8 Å². The molecule has 1 N–H and O–H groups in total. The van der Waals surface area contributed by atoms with Crippen LogP contribution in [0.1, 0.15) is 40.2 Å². The molecule has 0 radical (unpaired) electrons. The Hall–Kier alpha value is -5.36. The molecule has 5 aromatic rings. The van der Waals surface area contributed by atoms with Gasteiger partial charge >= 0.3 is 0 Å². The number of nitrogens with one attached hydrogen (secondary N) is 1. The summed E-state index contributed by atoms with van der Waals surface area (Å²) >= 11 is 0. The van der Waals surface area contributed by atoms with Gasteiger partial charge in [-0.15, -0.1) is 0 Å². The molecule has 3 amide bonds. The van der Waals surface area contributed by atoms with Gasteiger partial charge in [-0.2, -0.15) is 5.10 Å². The summed E-state index contributed by atoms with van der Waals surface area (Å²) in [7, 11) is 0. The van der Waals surface area contributed by atoms with Crippen molar-refractivity contribution in [3.63, 3.8) is 0 Å². The molecule has 0 unspecified atom stereocenters. The number of hydrogen-bond acceptors (Lipinski definition) is 4. The van der Waals surface area contributed by atoms with Gasteiger partial charge < -0.3 is 0 Å². The number of hydrogen-bond donors (Lipinski definition) is 1. The van der Waals surface area contributed by atoms with Crippen molar-refractivity contribution in [1.29, 1.82) is 0 Å². The summed E-state index contributed by atoms with van der Waals surface area (Å²) in [5, 5.41) is 6.35. The third-order valence-electron chi connectivity index (χ3n) is 9.63. The quantitative estimate of drug-likeness (QED) is 0.150. The summed E-state index contributed by atoms with van der Waals surface area (Å²) in [4.78, 5) is 43.6. The molecule has 2 bridgehead atoms. The maximum atomic E-state index is 14.7. The zero-order chi connectivity index (χ0) is 29.8. The molecule has 1 saturated heterocycles. The van der Waals surface area contributed by atoms with Crippen LogP contribution in [-0.2, 0) is 26.2 Å². The molecule has 2 atom stereocenters. The second-order valence-electron chi connectivity index (χ2n) is 11.8. The van der Waals surface area contributed by atoms with Crippen LogP contribution in [0.15, 0.2) is 126 Å². The maximum absolute atomic E-state index is 14.7. The number of carbonyl (C=O) groups is 3. The van der Waals surface area contributed by atoms with Gasteiger partial charge in [-0.05, 0) is 45.7 Å². The summed E-state index contributed by atoms with van der Waals surface area (Å²) in [5.74, 6) is -2.24. The van der Waals surface area contributed by atoms with Gasteiger partial charge in [-0.25, -0.2) is 10.3 Å². The van der Waals surface area contributed by atoms with Crippen LogP contribution in [0.2, 0.25) is 0 Å². The van der Waals surface area contributed by atoms with E-state index >= 15 is 0 Å². The van der Waals surface area contributed by atoms with Crippen LogP contribution in [0.4, 0.5) is 5.69 Å². The lowest BCUT2D eigenvalue weighted by molar-refractivity contribution is -0.123. The highest BCUT2D eigenvalue weighted by Crippen LogP contribution is 2.63. The third kappa shape index (κ3) is 3.73. The van der Waals surface area contributed by atoms with E-state index < -0.39 is 17.3 Å². The van der Waals surface area contributed by atoms with E-state index in [1.807, 2.05) is 109 Å². The molecule has 214 valence electrons. The summed E-state index contributed by atoms with van der Waals surface area (Å²) < 4.78 is 0. The van der Waals surface area contributed by atoms with E-state index in [9.17, 15) is 14.4 Å². The summed E-state index contributed by atoms with van der Waals surface area (Å²) in [6.45, 7) is 0. The minimum Gasteiger partial charge on any atom is -0.274 e. The molecule has 5 aromatic carbocycles. The first-order valence-electron chi connectivity index (χ1n) is 15.0. The highest BCUT2D eigenvalue weighted by molar-refractivity contribution is 6.27. The highest BCUT2D eigenvalue weighted by atomic mass is 16.2. The molecule has 1 fully saturated rings. The monoisotopic (exact) mass is 575 g/mol. The molecule has 6 heteroatoms. The van der Waals surface area contributed by atoms with E-state index in [2.05, 4.69) is 22.7 Å². The minimum absolute atomic E-state index is 0.199. The molecular formula is C38H29N3O3. The van der Waals surface area contributed by atoms with Gasteiger partial charge in [-0.3, -0.25) is 14.4 Å². The van der Waals surface area contributed by atoms with Gasteiger partial charge in [0.05, 0.1) is 22.9 Å². The van der Waals surface area contributed by atoms with Crippen LogP contribution >= 0.6 is 0 Å². The number of aryl methyl sites for hydroxylation is 1. The van der Waals surface area contributed by atoms with Gasteiger partial charge in [0.1, 0.15) is 0 Å². The van der Waals surface area contributed by atoms with E-state index in [1.165, 1.54) is 4.90 Å². The molecule has 3 aliphatic carbocycles. The fraction of sp³-hybridized carbons (Fsp3) is 0.158. The summed E-state index contributed by atoms with van der Waals surface area (Å²) in [5.41, 5.74) is 7.32. The number of carbonyl (C=O) groups excluding carboxylic acids is 3. The van der Waals surface area contributed by atoms with Gasteiger partial charge in [0.15, 0.2) is 0 Å². The molecule has 1 heterocycles. The largest absolute Gasteiger partial charge is 0.274 e. The molecule has 44 heavy (non-hydrogen) atoms. The van der Waals surface area contributed by atoms with Crippen molar-refractivity contribution in [2.24, 2.45) is 16.9 Å². The number of benzene rings is 5. The van der Waals surface area contributed by atoms with Crippen molar-refractivity contribution in [2.45, 2.75) is 24.2 Å². The molecule has 0 saturated carbocycles. The van der Waals surface area contributed by atoms with Gasteiger partial charge in [-0.1, -0.05) is 115 Å². The first-order chi connectivity index (χ1) is 21.6. The Morgan fingerprint density at radius 3 is 2.14 bits per heavy atom. The van der Waals surface area contributed by atoms with E-state index in [4.69, 9.17) is 0 Å². The van der Waals surface area contributed by atoms with Crippen LogP contribution in [0.5, 0.6) is 0 Å². The lowest BCUT2D eigenvalue weighted by Gasteiger charge is -2.52. The average molecular weight is 576 g/mol. The van der Waals surface area contributed by atoms with Crippen molar-refractivity contribution in [1.82, 2.24) is 5.43 Å². The fourth-order valence-electron chi connectivity index (χ4n) is 7.86. The maximum Gasteiger partial charge on any atom is 0.240 e. The molecule has 4 aliphatic rings. The number of anilines is 1. The fourth-order valence-corrected chi connectivity index (χ4v) is 7.86. The van der Waals surface area contributed by atoms with E-state index in [1.54, 1.807) is 6.21 Å². The van der Waals surface area contributed by atoms with E-state index in [-0.39, 0.29) is 30.1 Å². The predicted molar refractivity (Wildman–Crippen MR) is 170 cm³/mol. The summed E-state index contributed by atoms with van der Waals surface area (Å²) in [6.07, 6.45) is 2.59. The van der Waals surface area contributed by atoms with Gasteiger partial charge in [0, 0.05) is 23.9 Å². The molecule has 9 rings (SSSR count). The zero-order valence-corrected chi connectivity index (χ0v) is 23.9. The number of fused-ring (bicyclic) bond motifs is 1. The lowest BCUT2D eigenvalue weighted by Crippen LogP contribution is -2.54. The topological polar surface area (TPSA) is 78.8 Å². The predicted octanol–water partition coefficient (Wildman–Crippen LogP) is 6.13. The second-order valence-corrected chi connectivity index (χ2v) is 11.8. The number of rotatable bonds is 6. The van der Waals surface area contributed by atoms with Crippen molar-refractivity contribution < 1.29 is 14.4 Å². The minimum atomic E-state index is -1.04. The van der Waals surface area contributed by atoms with Crippen LogP contribution in [0.3, 0.4) is 0 Å². The average Bonchev–Trinajstić information content (AvgIpc) is 3.34. The third-order valence-corrected chi connectivity index (χ3v) is 9.63. The van der Waals surface area contributed by atoms with E-state index in [0.717, 1.165) is 38.6 Å². The molecule has 0 spiro atoms. The van der Waals surface area contributed by atoms with Crippen LogP contribution in [-0.4, -0.2) is 23.9 Å². The zero-order valence-electron chi connectivity index (χ0n) is 23.9. The number of amides is 3. The Kier molecular flexibility index (Phi) is 6.05. The molecule has 0 aromatic heterocycles. The lowest BCUT2D eigenvalue weighted by atomic mass is 9.47. The Morgan fingerprint density at radius 2 is 1.39 bits per heavy atom. The Balaban J connectivity index is 1.24. The van der Waals surface area contributed by atoms with Crippen molar-refractivity contribution in [3.05, 3.63) is 149 Å². The number of nitrogens with zero attached hydrogens (tertiary/aromatic N) is 2. The number of imide groups is 1. The van der Waals surface area contributed by atoms with Crippen molar-refractivity contribution in [2.75, 3.05) is 4.90 Å². The van der Waals surface area contributed by atoms with Crippen LogP contribution < -0.4 is 10.3 Å². The van der Waals surface area contributed by atoms with Crippen molar-refractivity contribution >= 4 is 40.4 Å². The Morgan fingerprint density at radius 1 is 0.750 bits per heavy atom. The molecule has 1 aliphatic heterocycles. The van der Waals surface area contributed by atoms with Crippen molar-refractivity contribution in [3.8, 4) is 0 Å². The number of hydrazone groups is 1. The smallest absolute Gasteiger partial charge is 0.240 e. The van der Waals surface area contributed by atoms with Gasteiger partial charge in [0.2, 0.25) is 17.7 Å². The van der Waals surface area contributed by atoms with Gasteiger partial charge in [0.25, 0.3) is 0 Å². The Labute approximate surface area is 255 Å². The Bertz CT molecular complexity index is 1950. The first-order valence-corrected chi connectivity index (χ1v) is 15.0. The first kappa shape index (κ1) is 26.3. The standard InChI is InChI=1S/C38H29N3O3/c42-32(22-21-24-11-2-1-3-12-24)40-39-23-38-29-18-8-6-16-27(29)33(28-17-7-9-19-30(28)38)34-35(38)37(44)41(36(34)43)31-20-10-14-25-13-4-5-15-26(25)31/h1-20,23,33-35H,21-22H2,(H,40,42)/b39-23-/t33?,34-,35+,38?/m1/s1. The normalized spacial score (nSPS) is 23.1. The summed E-state index contributed by atoms with van der Waals surface area (Å²) in [6, 6.07) is 39.5.